The molecule has 5 rings (SSSR count). The van der Waals surface area contributed by atoms with Crippen molar-refractivity contribution in [3.63, 3.8) is 0 Å². The summed E-state index contributed by atoms with van der Waals surface area (Å²) in [5, 5.41) is 12.2. The van der Waals surface area contributed by atoms with Gasteiger partial charge in [-0.05, 0) is 25.7 Å². The highest BCUT2D eigenvalue weighted by atomic mass is 35.5. The van der Waals surface area contributed by atoms with Crippen LogP contribution in [0.25, 0.3) is 22.6 Å². The molecule has 246 valence electrons. The number of alkyl halides is 7. The van der Waals surface area contributed by atoms with Crippen LogP contribution in [0, 0.1) is 0 Å². The Morgan fingerprint density at radius 2 is 1.76 bits per heavy atom. The van der Waals surface area contributed by atoms with Crippen LogP contribution in [0.1, 0.15) is 37.8 Å². The number of nitrogens with zero attached hydrogens (tertiary/aromatic N) is 9. The average Bonchev–Trinajstić information content (AvgIpc) is 3.62. The molecule has 0 aliphatic heterocycles. The Labute approximate surface area is 261 Å². The molecule has 20 heteroatoms. The SMILES string of the molecule is Cn1cc(-c2cnc(N(C(=O)NCC(F)F)[C@H]3CC[C@H](Nc4ncc(C(F)(F)F)c(-c5nn(C(F)F)cc5Cl)n4)CC3)cn2)cn1. The fourth-order valence-electron chi connectivity index (χ4n) is 4.98. The standard InChI is InChI=1S/C26H25ClF7N11O/c1-43-11-13(6-39-43)18-8-36-20(10-35-18)45(25(46)38-9-19(28)29)15-4-2-14(3-5-15)40-24-37-7-16(26(32,33)34)21(41-24)22-17(27)12-44(42-22)23(30)31/h6-8,10-12,14-15,19,23H,2-5,9H2,1H3,(H,38,46)(H,37,40,41)/t14-,15-. The molecular formula is C26H25ClF7N11O. The Morgan fingerprint density at radius 1 is 1.02 bits per heavy atom. The lowest BCUT2D eigenvalue weighted by Gasteiger charge is -2.36. The molecule has 4 aromatic rings. The van der Waals surface area contributed by atoms with Crippen molar-refractivity contribution in [2.75, 3.05) is 16.8 Å². The third-order valence-electron chi connectivity index (χ3n) is 7.11. The van der Waals surface area contributed by atoms with Gasteiger partial charge < -0.3 is 10.6 Å². The number of amides is 2. The minimum atomic E-state index is -4.93. The highest BCUT2D eigenvalue weighted by Crippen LogP contribution is 2.38. The Hall–Kier alpha value is -4.55. The van der Waals surface area contributed by atoms with E-state index in [0.717, 1.165) is 0 Å². The third-order valence-corrected chi connectivity index (χ3v) is 7.39. The highest BCUT2D eigenvalue weighted by Gasteiger charge is 2.38. The van der Waals surface area contributed by atoms with Gasteiger partial charge in [0.25, 0.3) is 6.43 Å². The fourth-order valence-corrected chi connectivity index (χ4v) is 5.21. The molecule has 12 nitrogen and oxygen atoms in total. The van der Waals surface area contributed by atoms with Gasteiger partial charge >= 0.3 is 18.8 Å². The number of halogens is 8. The van der Waals surface area contributed by atoms with Gasteiger partial charge in [-0.15, -0.1) is 0 Å². The Bertz CT molecular complexity index is 1650. The molecule has 2 amide bonds. The second kappa shape index (κ2) is 13.4. The topological polar surface area (TPSA) is 132 Å². The van der Waals surface area contributed by atoms with Gasteiger partial charge in [0.05, 0.1) is 42.0 Å². The maximum atomic E-state index is 13.7. The molecular weight excluding hydrogens is 651 g/mol. The fraction of sp³-hybridized carbons (Fsp3) is 0.423. The molecule has 0 atom stereocenters. The van der Waals surface area contributed by atoms with Gasteiger partial charge in [0.15, 0.2) is 5.82 Å². The van der Waals surface area contributed by atoms with Gasteiger partial charge in [0, 0.05) is 37.1 Å². The predicted octanol–water partition coefficient (Wildman–Crippen LogP) is 5.80. The van der Waals surface area contributed by atoms with E-state index >= 15 is 0 Å². The minimum Gasteiger partial charge on any atom is -0.351 e. The zero-order chi connectivity index (χ0) is 33.2. The summed E-state index contributed by atoms with van der Waals surface area (Å²) in [4.78, 5) is 30.7. The molecule has 0 unspecified atom stereocenters. The lowest BCUT2D eigenvalue weighted by atomic mass is 9.90. The molecule has 0 saturated heterocycles. The van der Waals surface area contributed by atoms with Gasteiger partial charge in [0.2, 0.25) is 5.95 Å². The van der Waals surface area contributed by atoms with E-state index in [1.807, 2.05) is 0 Å². The van der Waals surface area contributed by atoms with Crippen LogP contribution in [-0.4, -0.2) is 70.6 Å². The van der Waals surface area contributed by atoms with Crippen molar-refractivity contribution in [2.24, 2.45) is 7.05 Å². The van der Waals surface area contributed by atoms with Crippen molar-refractivity contribution >= 4 is 29.4 Å². The van der Waals surface area contributed by atoms with Gasteiger partial charge in [-0.3, -0.25) is 14.6 Å². The molecule has 0 aromatic carbocycles. The van der Waals surface area contributed by atoms with Crippen molar-refractivity contribution in [2.45, 2.75) is 56.9 Å². The van der Waals surface area contributed by atoms with Crippen molar-refractivity contribution in [1.29, 1.82) is 0 Å². The quantitative estimate of drug-likeness (QED) is 0.213. The summed E-state index contributed by atoms with van der Waals surface area (Å²) in [5.41, 5.74) is -1.52. The van der Waals surface area contributed by atoms with E-state index in [1.165, 1.54) is 17.3 Å². The molecule has 0 spiro atoms. The number of anilines is 2. The molecule has 1 saturated carbocycles. The number of carbonyl (C=O) groups is 1. The summed E-state index contributed by atoms with van der Waals surface area (Å²) in [5.74, 6) is -0.0934. The lowest BCUT2D eigenvalue weighted by molar-refractivity contribution is -0.137. The number of aromatic nitrogens is 8. The number of urea groups is 1. The molecule has 1 aliphatic carbocycles. The van der Waals surface area contributed by atoms with E-state index in [2.05, 4.69) is 40.8 Å². The number of nitrogens with one attached hydrogen (secondary N) is 2. The van der Waals surface area contributed by atoms with Crippen LogP contribution < -0.4 is 15.5 Å². The minimum absolute atomic E-state index is 0.119. The van der Waals surface area contributed by atoms with Crippen LogP contribution in [0.4, 0.5) is 47.3 Å². The molecule has 4 heterocycles. The first-order valence-corrected chi connectivity index (χ1v) is 14.1. The van der Waals surface area contributed by atoms with Crippen molar-refractivity contribution in [1.82, 2.24) is 44.8 Å². The predicted molar refractivity (Wildman–Crippen MR) is 150 cm³/mol. The summed E-state index contributed by atoms with van der Waals surface area (Å²) < 4.78 is 94.9. The van der Waals surface area contributed by atoms with Gasteiger partial charge in [-0.25, -0.2) is 33.2 Å². The first kappa shape index (κ1) is 32.8. The monoisotopic (exact) mass is 675 g/mol. The molecule has 2 N–H and O–H groups in total. The second-order valence-corrected chi connectivity index (χ2v) is 10.7. The lowest BCUT2D eigenvalue weighted by Crippen LogP contribution is -2.50. The van der Waals surface area contributed by atoms with Crippen molar-refractivity contribution < 1.29 is 35.5 Å². The van der Waals surface area contributed by atoms with E-state index in [4.69, 9.17) is 11.6 Å². The third kappa shape index (κ3) is 7.45. The smallest absolute Gasteiger partial charge is 0.351 e. The van der Waals surface area contributed by atoms with Gasteiger partial charge in [-0.2, -0.15) is 32.1 Å². The maximum Gasteiger partial charge on any atom is 0.420 e. The first-order valence-electron chi connectivity index (χ1n) is 13.7. The summed E-state index contributed by atoms with van der Waals surface area (Å²) >= 11 is 5.93. The zero-order valence-electron chi connectivity index (χ0n) is 23.8. The Morgan fingerprint density at radius 3 is 2.33 bits per heavy atom. The second-order valence-electron chi connectivity index (χ2n) is 10.3. The van der Waals surface area contributed by atoms with E-state index in [9.17, 15) is 35.5 Å². The number of hydrogen-bond donors (Lipinski definition) is 2. The molecule has 0 radical (unpaired) electrons. The van der Waals surface area contributed by atoms with E-state index in [1.54, 1.807) is 24.1 Å². The molecule has 46 heavy (non-hydrogen) atoms. The van der Waals surface area contributed by atoms with Crippen LogP contribution in [0.5, 0.6) is 0 Å². The number of rotatable bonds is 9. The van der Waals surface area contributed by atoms with Crippen LogP contribution >= 0.6 is 11.6 Å². The summed E-state index contributed by atoms with van der Waals surface area (Å²) in [6, 6.07) is -1.66. The summed E-state index contributed by atoms with van der Waals surface area (Å²) in [6.45, 7) is -4.02. The molecule has 0 bridgehead atoms. The highest BCUT2D eigenvalue weighted by molar-refractivity contribution is 6.33. The summed E-state index contributed by atoms with van der Waals surface area (Å²) in [6.07, 6.45) is 0.988. The maximum absolute atomic E-state index is 13.7. The van der Waals surface area contributed by atoms with Crippen LogP contribution in [0.2, 0.25) is 5.02 Å². The van der Waals surface area contributed by atoms with E-state index in [-0.39, 0.29) is 22.5 Å². The number of aryl methyl sites for hydroxylation is 1. The zero-order valence-corrected chi connectivity index (χ0v) is 24.5. The molecule has 4 aromatic heterocycles. The molecule has 1 fully saturated rings. The average molecular weight is 676 g/mol. The van der Waals surface area contributed by atoms with Crippen molar-refractivity contribution in [3.05, 3.63) is 47.8 Å². The van der Waals surface area contributed by atoms with Crippen molar-refractivity contribution in [3.8, 4) is 22.6 Å². The summed E-state index contributed by atoms with van der Waals surface area (Å²) in [7, 11) is 1.73. The van der Waals surface area contributed by atoms with Crippen LogP contribution in [0.15, 0.2) is 37.2 Å². The van der Waals surface area contributed by atoms with Crippen LogP contribution in [0.3, 0.4) is 0 Å². The molecule has 1 aliphatic rings. The first-order chi connectivity index (χ1) is 21.8. The van der Waals surface area contributed by atoms with Gasteiger partial charge in [0.1, 0.15) is 17.0 Å². The Kier molecular flexibility index (Phi) is 9.59. The van der Waals surface area contributed by atoms with Crippen LogP contribution in [-0.2, 0) is 13.2 Å². The number of hydrogen-bond acceptors (Lipinski definition) is 8. The van der Waals surface area contributed by atoms with Gasteiger partial charge in [-0.1, -0.05) is 11.6 Å². The normalized spacial score (nSPS) is 17.0. The van der Waals surface area contributed by atoms with E-state index in [0.29, 0.717) is 49.3 Å². The number of carbonyl (C=O) groups excluding carboxylic acids is 1. The largest absolute Gasteiger partial charge is 0.420 e. The van der Waals surface area contributed by atoms with E-state index < -0.39 is 59.7 Å². The Balaban J connectivity index is 1.33.